The molecule has 0 spiro atoms. The molecule has 12 nitrogen and oxygen atoms in total. The molecular formula is C22H31Cl2N7O5. The third-order valence-corrected chi connectivity index (χ3v) is 5.85. The molecule has 1 aromatic carbocycles. The molecule has 1 fully saturated rings. The molecule has 5 N–H and O–H groups in total. The molecule has 5 atom stereocenters. The Kier molecular flexibility index (Phi) is 10.2. The monoisotopic (exact) mass is 543 g/mol. The van der Waals surface area contributed by atoms with Crippen LogP contribution in [0.15, 0.2) is 36.9 Å². The summed E-state index contributed by atoms with van der Waals surface area (Å²) in [6.07, 6.45) is 0.250. The van der Waals surface area contributed by atoms with E-state index in [1.807, 2.05) is 26.2 Å². The lowest BCUT2D eigenvalue weighted by atomic mass is 10.0. The van der Waals surface area contributed by atoms with Crippen molar-refractivity contribution < 1.29 is 24.5 Å². The van der Waals surface area contributed by atoms with Crippen LogP contribution in [0.3, 0.4) is 0 Å². The second-order valence-electron chi connectivity index (χ2n) is 8.35. The average Bonchev–Trinajstić information content (AvgIpc) is 3.40. The Morgan fingerprint density at radius 3 is 2.56 bits per heavy atom. The molecule has 4 rings (SSSR count). The van der Waals surface area contributed by atoms with Crippen LogP contribution in [0.5, 0.6) is 5.75 Å². The molecule has 198 valence electrons. The highest BCUT2D eigenvalue weighted by molar-refractivity contribution is 5.86. The second kappa shape index (κ2) is 12.5. The molecule has 3 aromatic rings. The van der Waals surface area contributed by atoms with Crippen molar-refractivity contribution in [3.05, 3.63) is 42.5 Å². The first-order valence-corrected chi connectivity index (χ1v) is 10.8. The number of nitrogens with one attached hydrogen (secondary N) is 1. The predicted molar refractivity (Wildman–Crippen MR) is 138 cm³/mol. The Balaban J connectivity index is 0.00000228. The van der Waals surface area contributed by atoms with E-state index in [4.69, 9.17) is 15.2 Å². The van der Waals surface area contributed by atoms with E-state index in [0.717, 1.165) is 5.56 Å². The number of anilines is 1. The lowest BCUT2D eigenvalue weighted by Crippen LogP contribution is -2.53. The number of nitrogens with two attached hydrogens (primary N) is 1. The summed E-state index contributed by atoms with van der Waals surface area (Å²) in [5.41, 5.74) is 7.98. The number of methoxy groups -OCH3 is 1. The topological polar surface area (TPSA) is 161 Å². The van der Waals surface area contributed by atoms with Crippen molar-refractivity contribution in [3.8, 4) is 5.75 Å². The first kappa shape index (κ1) is 29.5. The van der Waals surface area contributed by atoms with Crippen molar-refractivity contribution in [2.75, 3.05) is 32.7 Å². The SMILES string of the molecule is COc1ccc(C[C@H](N)C(=O)N[C@H]2[C@H](O)[C@H](n3cnc4c(N(C)C)ncnc43)O[C@@H]2CO)cc1.Cl.Cl. The number of aliphatic hydroxyl groups excluding tert-OH is 2. The molecule has 14 heteroatoms. The largest absolute Gasteiger partial charge is 0.497 e. The number of hydrogen-bond donors (Lipinski definition) is 4. The number of imidazole rings is 1. The molecule has 3 heterocycles. The Hall–Kier alpha value is -2.74. The van der Waals surface area contributed by atoms with Gasteiger partial charge in [-0.05, 0) is 24.1 Å². The molecular weight excluding hydrogens is 513 g/mol. The normalized spacial score (nSPS) is 21.8. The van der Waals surface area contributed by atoms with Crippen molar-refractivity contribution in [1.29, 1.82) is 0 Å². The van der Waals surface area contributed by atoms with Gasteiger partial charge in [-0.15, -0.1) is 24.8 Å². The summed E-state index contributed by atoms with van der Waals surface area (Å²) in [7, 11) is 5.25. The van der Waals surface area contributed by atoms with Crippen LogP contribution >= 0.6 is 24.8 Å². The van der Waals surface area contributed by atoms with Crippen molar-refractivity contribution in [2.45, 2.75) is 36.9 Å². The lowest BCUT2D eigenvalue weighted by molar-refractivity contribution is -0.124. The van der Waals surface area contributed by atoms with Gasteiger partial charge in [0.1, 0.15) is 24.3 Å². The van der Waals surface area contributed by atoms with Crippen molar-refractivity contribution in [1.82, 2.24) is 24.8 Å². The molecule has 0 radical (unpaired) electrons. The molecule has 0 saturated carbocycles. The maximum atomic E-state index is 12.8. The van der Waals surface area contributed by atoms with Crippen molar-refractivity contribution in [2.24, 2.45) is 5.73 Å². The van der Waals surface area contributed by atoms with Crippen LogP contribution in [0.1, 0.15) is 11.8 Å². The Morgan fingerprint density at radius 2 is 1.94 bits per heavy atom. The second-order valence-corrected chi connectivity index (χ2v) is 8.35. The number of carbonyl (C=O) groups is 1. The van der Waals surface area contributed by atoms with Gasteiger partial charge in [0.15, 0.2) is 23.2 Å². The smallest absolute Gasteiger partial charge is 0.237 e. The van der Waals surface area contributed by atoms with Crippen LogP contribution < -0.4 is 20.7 Å². The summed E-state index contributed by atoms with van der Waals surface area (Å²) >= 11 is 0. The van der Waals surface area contributed by atoms with Gasteiger partial charge in [0.05, 0.1) is 32.1 Å². The third kappa shape index (κ3) is 5.80. The van der Waals surface area contributed by atoms with Crippen molar-refractivity contribution in [3.63, 3.8) is 0 Å². The minimum Gasteiger partial charge on any atom is -0.497 e. The minimum absolute atomic E-state index is 0. The summed E-state index contributed by atoms with van der Waals surface area (Å²) in [4.78, 5) is 27.5. The fourth-order valence-electron chi connectivity index (χ4n) is 4.04. The minimum atomic E-state index is -1.18. The van der Waals surface area contributed by atoms with E-state index >= 15 is 0 Å². The number of rotatable bonds is 8. The lowest BCUT2D eigenvalue weighted by Gasteiger charge is -2.23. The standard InChI is InChI=1S/C22H29N7O5.2ClH/c1-28(2)19-17-20(25-10-24-19)29(11-26-17)22-18(31)16(15(9-30)34-22)27-21(32)14(23)8-12-4-6-13(33-3)7-5-12;;/h4-7,10-11,14-16,18,22,30-31H,8-9,23H2,1-3H3,(H,27,32);2*1H/t14-,15+,16+,18-,22+;;/m0../s1. The highest BCUT2D eigenvalue weighted by Gasteiger charge is 2.46. The zero-order chi connectivity index (χ0) is 24.4. The van der Waals surface area contributed by atoms with E-state index in [9.17, 15) is 15.0 Å². The maximum Gasteiger partial charge on any atom is 0.237 e. The number of hydrogen-bond acceptors (Lipinski definition) is 10. The number of halogens is 2. The predicted octanol–water partition coefficient (Wildman–Crippen LogP) is 0.0499. The van der Waals surface area contributed by atoms with Crippen LogP contribution in [0.2, 0.25) is 0 Å². The number of aromatic nitrogens is 4. The first-order chi connectivity index (χ1) is 16.3. The number of aliphatic hydroxyl groups is 2. The van der Waals surface area contributed by atoms with Crippen molar-refractivity contribution >= 4 is 47.7 Å². The van der Waals surface area contributed by atoms with Gasteiger partial charge in [-0.2, -0.15) is 0 Å². The summed E-state index contributed by atoms with van der Waals surface area (Å²) in [6.45, 7) is -0.406. The number of nitrogens with zero attached hydrogens (tertiary/aromatic N) is 5. The maximum absolute atomic E-state index is 12.8. The average molecular weight is 544 g/mol. The quantitative estimate of drug-likeness (QED) is 0.305. The Bertz CT molecular complexity index is 1150. The highest BCUT2D eigenvalue weighted by Crippen LogP contribution is 2.32. The van der Waals surface area contributed by atoms with E-state index in [-0.39, 0.29) is 24.8 Å². The fraction of sp³-hybridized carbons (Fsp3) is 0.455. The number of fused-ring (bicyclic) bond motifs is 1. The van der Waals surface area contributed by atoms with E-state index in [1.54, 1.807) is 28.7 Å². The highest BCUT2D eigenvalue weighted by atomic mass is 35.5. The van der Waals surface area contributed by atoms with Gasteiger partial charge >= 0.3 is 0 Å². The van der Waals surface area contributed by atoms with Crippen LogP contribution in [0.4, 0.5) is 5.82 Å². The van der Waals surface area contributed by atoms with Gasteiger partial charge in [-0.3, -0.25) is 9.36 Å². The number of amides is 1. The summed E-state index contributed by atoms with van der Waals surface area (Å²) in [6, 6.07) is 5.52. The van der Waals surface area contributed by atoms with Gasteiger partial charge in [0.25, 0.3) is 0 Å². The molecule has 0 unspecified atom stereocenters. The third-order valence-electron chi connectivity index (χ3n) is 5.85. The van der Waals surface area contributed by atoms with E-state index in [2.05, 4.69) is 20.3 Å². The van der Waals surface area contributed by atoms with Crippen LogP contribution in [-0.4, -0.2) is 87.7 Å². The molecule has 0 bridgehead atoms. The fourth-order valence-corrected chi connectivity index (χ4v) is 4.04. The molecule has 1 amide bonds. The Morgan fingerprint density at radius 1 is 1.25 bits per heavy atom. The summed E-state index contributed by atoms with van der Waals surface area (Å²) in [5, 5.41) is 23.6. The Labute approximate surface area is 220 Å². The van der Waals surface area contributed by atoms with E-state index < -0.39 is 43.0 Å². The first-order valence-electron chi connectivity index (χ1n) is 10.8. The van der Waals surface area contributed by atoms with Gasteiger partial charge in [0, 0.05) is 14.1 Å². The van der Waals surface area contributed by atoms with E-state index in [0.29, 0.717) is 29.2 Å². The van der Waals surface area contributed by atoms with Crippen LogP contribution in [-0.2, 0) is 16.0 Å². The summed E-state index contributed by atoms with van der Waals surface area (Å²) in [5.74, 6) is 0.861. The number of ether oxygens (including phenoxy) is 2. The summed E-state index contributed by atoms with van der Waals surface area (Å²) < 4.78 is 12.6. The van der Waals surface area contributed by atoms with E-state index in [1.165, 1.54) is 12.7 Å². The number of benzene rings is 1. The zero-order valence-corrected chi connectivity index (χ0v) is 21.6. The van der Waals surface area contributed by atoms with Gasteiger partial charge in [-0.25, -0.2) is 15.0 Å². The molecule has 1 aliphatic heterocycles. The molecule has 1 aliphatic rings. The van der Waals surface area contributed by atoms with Gasteiger partial charge in [0.2, 0.25) is 5.91 Å². The number of carbonyl (C=O) groups excluding carboxylic acids is 1. The molecule has 1 saturated heterocycles. The molecule has 36 heavy (non-hydrogen) atoms. The van der Waals surface area contributed by atoms with Gasteiger partial charge in [-0.1, -0.05) is 12.1 Å². The van der Waals surface area contributed by atoms with Crippen LogP contribution in [0, 0.1) is 0 Å². The molecule has 0 aliphatic carbocycles. The zero-order valence-electron chi connectivity index (χ0n) is 20.0. The molecule has 2 aromatic heterocycles. The van der Waals surface area contributed by atoms with Crippen LogP contribution in [0.25, 0.3) is 11.2 Å². The van der Waals surface area contributed by atoms with Gasteiger partial charge < -0.3 is 35.6 Å².